The summed E-state index contributed by atoms with van der Waals surface area (Å²) in [6, 6.07) is 19.9. The summed E-state index contributed by atoms with van der Waals surface area (Å²) in [4.78, 5) is 48.4. The van der Waals surface area contributed by atoms with Crippen molar-refractivity contribution in [2.24, 2.45) is 11.5 Å². The number of aromatic nitrogens is 6. The summed E-state index contributed by atoms with van der Waals surface area (Å²) in [6.07, 6.45) is 7.43. The number of amides is 2. The number of esters is 1. The van der Waals surface area contributed by atoms with Gasteiger partial charge in [-0.05, 0) is 90.8 Å². The van der Waals surface area contributed by atoms with Crippen LogP contribution in [0.3, 0.4) is 0 Å². The van der Waals surface area contributed by atoms with E-state index in [1.54, 1.807) is 48.5 Å². The number of carboxylic acids is 1. The van der Waals surface area contributed by atoms with Gasteiger partial charge in [-0.15, -0.1) is 0 Å². The Morgan fingerprint density at radius 3 is 1.55 bits per heavy atom. The van der Waals surface area contributed by atoms with Gasteiger partial charge in [0.2, 0.25) is 0 Å². The monoisotopic (exact) mass is 946 g/mol. The van der Waals surface area contributed by atoms with Crippen molar-refractivity contribution < 1.29 is 37.8 Å². The first-order valence-corrected chi connectivity index (χ1v) is 21.8. The third-order valence-corrected chi connectivity index (χ3v) is 10.7. The summed E-state index contributed by atoms with van der Waals surface area (Å²) in [6.45, 7) is 2.43. The molecule has 6 aromatic rings. The van der Waals surface area contributed by atoms with Gasteiger partial charge in [0.1, 0.15) is 23.7 Å². The van der Waals surface area contributed by atoms with Crippen LogP contribution in [0.15, 0.2) is 97.3 Å². The van der Waals surface area contributed by atoms with Crippen molar-refractivity contribution in [3.05, 3.63) is 142 Å². The normalized spacial score (nSPS) is 12.8. The van der Waals surface area contributed by atoms with Crippen LogP contribution >= 0.6 is 23.2 Å². The number of unbranched alkanes of at least 4 members (excludes halogenated alkanes) is 3. The van der Waals surface area contributed by atoms with Crippen LogP contribution in [0, 0.1) is 11.6 Å². The molecule has 4 aromatic carbocycles. The highest BCUT2D eigenvalue weighted by atomic mass is 35.5. The van der Waals surface area contributed by atoms with Crippen LogP contribution in [0.4, 0.5) is 8.78 Å². The van der Waals surface area contributed by atoms with E-state index >= 15 is 0 Å². The molecule has 0 aliphatic rings. The number of carboxylic acid groups (broad SMARTS) is 1. The average molecular weight is 948 g/mol. The van der Waals surface area contributed by atoms with E-state index in [1.807, 2.05) is 12.1 Å². The lowest BCUT2D eigenvalue weighted by Crippen LogP contribution is -2.44. The van der Waals surface area contributed by atoms with Crippen molar-refractivity contribution in [1.82, 2.24) is 41.5 Å². The molecule has 20 heteroatoms. The number of aromatic amines is 2. The number of aliphatic carboxylic acids is 1. The van der Waals surface area contributed by atoms with Gasteiger partial charge in [-0.1, -0.05) is 97.9 Å². The minimum absolute atomic E-state index is 0.0175. The number of nitrogens with zero attached hydrogens (tertiary/aromatic N) is 4. The van der Waals surface area contributed by atoms with Crippen molar-refractivity contribution in [3.8, 4) is 22.3 Å². The van der Waals surface area contributed by atoms with Gasteiger partial charge in [0.15, 0.2) is 11.4 Å². The minimum atomic E-state index is -1.16. The van der Waals surface area contributed by atoms with Gasteiger partial charge in [0.25, 0.3) is 11.8 Å². The second kappa shape index (κ2) is 25.2. The van der Waals surface area contributed by atoms with Crippen LogP contribution in [0.5, 0.6) is 0 Å². The number of nitrogens with one attached hydrogen (secondary N) is 4. The Bertz CT molecular complexity index is 2500. The molecule has 16 nitrogen and oxygen atoms in total. The number of halogens is 4. The van der Waals surface area contributed by atoms with Gasteiger partial charge in [-0.3, -0.25) is 19.2 Å². The summed E-state index contributed by atoms with van der Waals surface area (Å²) in [5.74, 6) is -3.36. The van der Waals surface area contributed by atoms with Crippen LogP contribution < -0.4 is 22.1 Å². The maximum Gasteiger partial charge on any atom is 0.322 e. The highest BCUT2D eigenvalue weighted by Crippen LogP contribution is 2.28. The molecule has 0 aliphatic carbocycles. The number of H-pyrrole nitrogens is 2. The number of ether oxygens (including phenoxy) is 1. The minimum Gasteiger partial charge on any atom is -0.480 e. The molecule has 0 unspecified atom stereocenters. The van der Waals surface area contributed by atoms with Gasteiger partial charge < -0.3 is 31.9 Å². The van der Waals surface area contributed by atoms with Gasteiger partial charge >= 0.3 is 11.9 Å². The van der Waals surface area contributed by atoms with Crippen LogP contribution in [-0.2, 0) is 27.2 Å². The molecule has 0 fully saturated rings. The van der Waals surface area contributed by atoms with Gasteiger partial charge in [0, 0.05) is 33.3 Å². The van der Waals surface area contributed by atoms with Crippen molar-refractivity contribution in [2.75, 3.05) is 6.61 Å². The second-order valence-corrected chi connectivity index (χ2v) is 16.2. The Morgan fingerprint density at radius 2 is 1.14 bits per heavy atom. The summed E-state index contributed by atoms with van der Waals surface area (Å²) in [5, 5.41) is 35.1. The smallest absolute Gasteiger partial charge is 0.322 e. The van der Waals surface area contributed by atoms with Crippen LogP contribution in [-0.4, -0.2) is 90.5 Å². The van der Waals surface area contributed by atoms with Gasteiger partial charge in [0.05, 0.1) is 19.0 Å². The lowest BCUT2D eigenvalue weighted by atomic mass is 9.97. The molecule has 2 aromatic heterocycles. The molecule has 66 heavy (non-hydrogen) atoms. The molecule has 0 bridgehead atoms. The number of nitrogens with two attached hydrogens (primary N) is 2. The topological polar surface area (TPSA) is 257 Å². The Balaban J connectivity index is 0.000000251. The molecular weight excluding hydrogens is 897 g/mol. The average Bonchev–Trinajstić information content (AvgIpc) is 4.05. The molecule has 4 atom stereocenters. The van der Waals surface area contributed by atoms with Crippen molar-refractivity contribution in [3.63, 3.8) is 0 Å². The predicted octanol–water partition coefficient (Wildman–Crippen LogP) is 6.85. The predicted molar refractivity (Wildman–Crippen MR) is 244 cm³/mol. The van der Waals surface area contributed by atoms with E-state index in [0.29, 0.717) is 51.7 Å². The molecule has 0 radical (unpaired) electrons. The zero-order chi connectivity index (χ0) is 47.6. The van der Waals surface area contributed by atoms with E-state index in [9.17, 15) is 28.0 Å². The largest absolute Gasteiger partial charge is 0.480 e. The molecule has 2 heterocycles. The summed E-state index contributed by atoms with van der Waals surface area (Å²) in [5.41, 5.74) is 15.7. The number of carbonyl (C=O) groups excluding carboxylic acids is 3. The SMILES string of the molecule is CCCCCCOC(=O)[C@H](N)C[C@@H](Cc1ccc(-c2cc(Cl)ccc2F)cc1)NC(=O)c1cn[nH]n1.N[C@H](C[C@@H](Cc1ccc(-c2cc(Cl)ccc2F)cc1)NC(=O)c1cn[nH]n1)C(=O)O. The molecule has 0 saturated heterocycles. The molecule has 0 saturated carbocycles. The number of hydrogen-bond acceptors (Lipinski definition) is 11. The number of carbonyl (C=O) groups is 4. The first-order valence-electron chi connectivity index (χ1n) is 21.0. The van der Waals surface area contributed by atoms with E-state index in [2.05, 4.69) is 48.4 Å². The summed E-state index contributed by atoms with van der Waals surface area (Å²) < 4.78 is 33.6. The zero-order valence-electron chi connectivity index (χ0n) is 35.9. The van der Waals surface area contributed by atoms with Crippen LogP contribution in [0.1, 0.15) is 77.6 Å². The summed E-state index contributed by atoms with van der Waals surface area (Å²) >= 11 is 12.0. The molecule has 0 aliphatic heterocycles. The maximum absolute atomic E-state index is 14.2. The third-order valence-electron chi connectivity index (χ3n) is 10.3. The fourth-order valence-electron chi connectivity index (χ4n) is 6.79. The van der Waals surface area contributed by atoms with E-state index in [1.165, 1.54) is 36.7 Å². The maximum atomic E-state index is 14.2. The molecule has 6 rings (SSSR count). The third kappa shape index (κ3) is 15.5. The molecule has 0 spiro atoms. The fourth-order valence-corrected chi connectivity index (χ4v) is 7.14. The van der Waals surface area contributed by atoms with Crippen LogP contribution in [0.25, 0.3) is 22.3 Å². The number of hydrogen-bond donors (Lipinski definition) is 7. The molecule has 348 valence electrons. The van der Waals surface area contributed by atoms with E-state index in [4.69, 9.17) is 44.5 Å². The molecule has 2 amide bonds. The van der Waals surface area contributed by atoms with Crippen molar-refractivity contribution >= 4 is 47.0 Å². The van der Waals surface area contributed by atoms with E-state index in [0.717, 1.165) is 36.8 Å². The molecular formula is C46H50Cl2F2N10O6. The standard InChI is InChI=1S/C26H31ClFN5O3.C20H19ClFN5O3/c1-2-3-4-5-12-36-26(35)23(29)15-20(31-25(34)24-16-30-33-32-24)13-17-6-8-18(9-7-17)21-14-19(27)10-11-22(21)28;21-13-5-6-16(22)15(8-13)12-3-1-11(2-4-12)7-14(9-17(23)20(29)30)25-19(28)18-10-24-27-26-18/h6-11,14,16,20,23H,2-5,12-13,15,29H2,1H3,(H,31,34)(H,30,32,33);1-6,8,10,14,17H,7,9,23H2,(H,25,28)(H,29,30)(H,24,26,27)/t20-,23-;14-,17-/m11/s1. The quantitative estimate of drug-likeness (QED) is 0.0289. The van der Waals surface area contributed by atoms with Crippen LogP contribution in [0.2, 0.25) is 10.0 Å². The Labute approximate surface area is 389 Å². The Kier molecular flexibility index (Phi) is 19.2. The van der Waals surface area contributed by atoms with Gasteiger partial charge in [-0.25, -0.2) is 8.78 Å². The van der Waals surface area contributed by atoms with Crippen molar-refractivity contribution in [2.45, 2.75) is 82.5 Å². The lowest BCUT2D eigenvalue weighted by Gasteiger charge is -2.21. The first kappa shape index (κ1) is 50.4. The summed E-state index contributed by atoms with van der Waals surface area (Å²) in [7, 11) is 0. The van der Waals surface area contributed by atoms with E-state index < -0.39 is 53.7 Å². The molecule has 9 N–H and O–H groups in total. The second-order valence-electron chi connectivity index (χ2n) is 15.4. The van der Waals surface area contributed by atoms with E-state index in [-0.39, 0.29) is 30.0 Å². The Hall–Kier alpha value is -6.60. The Morgan fingerprint density at radius 1 is 0.682 bits per heavy atom. The highest BCUT2D eigenvalue weighted by molar-refractivity contribution is 6.31. The first-order chi connectivity index (χ1) is 31.7. The highest BCUT2D eigenvalue weighted by Gasteiger charge is 2.25. The number of rotatable bonds is 21. The number of benzene rings is 4. The van der Waals surface area contributed by atoms with Gasteiger partial charge in [-0.2, -0.15) is 30.8 Å². The lowest BCUT2D eigenvalue weighted by molar-refractivity contribution is -0.145. The van der Waals surface area contributed by atoms with Crippen molar-refractivity contribution in [1.29, 1.82) is 0 Å². The zero-order valence-corrected chi connectivity index (χ0v) is 37.4. The fraction of sp³-hybridized carbons (Fsp3) is 0.304.